The average molecular weight is 342 g/mol. The Balaban J connectivity index is 0.000000648. The molecule has 1 saturated heterocycles. The Morgan fingerprint density at radius 1 is 1.08 bits per heavy atom. The fourth-order valence-electron chi connectivity index (χ4n) is 3.17. The molecular formula is C18H34N2O4. The molecule has 0 unspecified atom stereocenters. The van der Waals surface area contributed by atoms with Gasteiger partial charge in [0, 0.05) is 32.7 Å². The van der Waals surface area contributed by atoms with E-state index in [4.69, 9.17) is 9.53 Å². The summed E-state index contributed by atoms with van der Waals surface area (Å²) in [5.74, 6) is 0.886. The van der Waals surface area contributed by atoms with Gasteiger partial charge in [-0.05, 0) is 39.5 Å². The normalized spacial score (nSPS) is 19.9. The van der Waals surface area contributed by atoms with Crippen LogP contribution in [-0.4, -0.2) is 67.8 Å². The van der Waals surface area contributed by atoms with Gasteiger partial charge in [-0.3, -0.25) is 9.69 Å². The van der Waals surface area contributed by atoms with Crippen molar-refractivity contribution in [1.29, 1.82) is 0 Å². The quantitative estimate of drug-likeness (QED) is 0.738. The minimum absolute atomic E-state index is 0.158. The molecule has 24 heavy (non-hydrogen) atoms. The SMILES string of the molecule is CC(C)(C)OC(=O)N1CCN(CC2CCCCC2)CC1.COC=O. The maximum absolute atomic E-state index is 12.0. The Morgan fingerprint density at radius 2 is 1.62 bits per heavy atom. The largest absolute Gasteiger partial charge is 0.471 e. The van der Waals surface area contributed by atoms with Gasteiger partial charge in [-0.1, -0.05) is 19.3 Å². The van der Waals surface area contributed by atoms with Crippen LogP contribution in [0, 0.1) is 5.92 Å². The predicted molar refractivity (Wildman–Crippen MR) is 93.9 cm³/mol. The number of amides is 1. The molecule has 1 saturated carbocycles. The van der Waals surface area contributed by atoms with Gasteiger partial charge in [0.2, 0.25) is 0 Å². The Bertz CT molecular complexity index is 368. The molecule has 0 bridgehead atoms. The van der Waals surface area contributed by atoms with E-state index in [0.29, 0.717) is 6.47 Å². The second kappa shape index (κ2) is 10.5. The summed E-state index contributed by atoms with van der Waals surface area (Å²) in [4.78, 5) is 25.3. The minimum Gasteiger partial charge on any atom is -0.471 e. The summed E-state index contributed by atoms with van der Waals surface area (Å²) in [6.45, 7) is 11.0. The number of piperazine rings is 1. The molecule has 1 aliphatic heterocycles. The van der Waals surface area contributed by atoms with Crippen molar-refractivity contribution >= 4 is 12.6 Å². The van der Waals surface area contributed by atoms with Crippen LogP contribution in [-0.2, 0) is 14.3 Å². The van der Waals surface area contributed by atoms with Crippen LogP contribution in [0.1, 0.15) is 52.9 Å². The van der Waals surface area contributed by atoms with Crippen molar-refractivity contribution in [2.24, 2.45) is 5.92 Å². The van der Waals surface area contributed by atoms with Crippen LogP contribution in [0.3, 0.4) is 0 Å². The molecule has 1 aliphatic carbocycles. The Kier molecular flexibility index (Phi) is 9.11. The van der Waals surface area contributed by atoms with Crippen molar-refractivity contribution in [3.63, 3.8) is 0 Å². The van der Waals surface area contributed by atoms with Gasteiger partial charge in [-0.15, -0.1) is 0 Å². The van der Waals surface area contributed by atoms with Gasteiger partial charge in [0.15, 0.2) is 0 Å². The summed E-state index contributed by atoms with van der Waals surface area (Å²) < 4.78 is 9.29. The van der Waals surface area contributed by atoms with E-state index in [1.807, 2.05) is 25.7 Å². The van der Waals surface area contributed by atoms with Crippen LogP contribution in [0.15, 0.2) is 0 Å². The second-order valence-corrected chi connectivity index (χ2v) is 7.60. The van der Waals surface area contributed by atoms with Gasteiger partial charge in [0.25, 0.3) is 6.47 Å². The summed E-state index contributed by atoms with van der Waals surface area (Å²) in [5.41, 5.74) is -0.393. The van der Waals surface area contributed by atoms with E-state index >= 15 is 0 Å². The molecule has 140 valence electrons. The number of rotatable bonds is 3. The zero-order valence-corrected chi connectivity index (χ0v) is 15.8. The van der Waals surface area contributed by atoms with Crippen molar-refractivity contribution in [2.75, 3.05) is 39.8 Å². The van der Waals surface area contributed by atoms with Crippen molar-refractivity contribution in [3.05, 3.63) is 0 Å². The summed E-state index contributed by atoms with van der Waals surface area (Å²) >= 11 is 0. The van der Waals surface area contributed by atoms with Gasteiger partial charge in [0.05, 0.1) is 7.11 Å². The van der Waals surface area contributed by atoms with E-state index in [-0.39, 0.29) is 6.09 Å². The first-order valence-corrected chi connectivity index (χ1v) is 9.02. The van der Waals surface area contributed by atoms with Crippen molar-refractivity contribution in [1.82, 2.24) is 9.80 Å². The van der Waals surface area contributed by atoms with Crippen LogP contribution in [0.4, 0.5) is 4.79 Å². The molecule has 0 atom stereocenters. The highest BCUT2D eigenvalue weighted by molar-refractivity contribution is 5.68. The molecule has 2 rings (SSSR count). The molecule has 0 aromatic rings. The first-order valence-electron chi connectivity index (χ1n) is 9.02. The van der Waals surface area contributed by atoms with E-state index in [9.17, 15) is 4.79 Å². The van der Waals surface area contributed by atoms with E-state index in [0.717, 1.165) is 32.1 Å². The summed E-state index contributed by atoms with van der Waals surface area (Å²) in [7, 11) is 1.31. The third-order valence-corrected chi connectivity index (χ3v) is 4.36. The molecular weight excluding hydrogens is 308 g/mol. The number of hydrogen-bond donors (Lipinski definition) is 0. The molecule has 0 spiro atoms. The van der Waals surface area contributed by atoms with Crippen LogP contribution in [0.5, 0.6) is 0 Å². The molecule has 2 fully saturated rings. The fourth-order valence-corrected chi connectivity index (χ4v) is 3.17. The number of hydrogen-bond acceptors (Lipinski definition) is 5. The molecule has 0 radical (unpaired) electrons. The summed E-state index contributed by atoms with van der Waals surface area (Å²) in [6, 6.07) is 0. The fraction of sp³-hybridized carbons (Fsp3) is 0.889. The Morgan fingerprint density at radius 3 is 2.08 bits per heavy atom. The maximum atomic E-state index is 12.0. The molecule has 0 N–H and O–H groups in total. The van der Waals surface area contributed by atoms with Gasteiger partial charge < -0.3 is 14.4 Å². The van der Waals surface area contributed by atoms with Gasteiger partial charge >= 0.3 is 6.09 Å². The van der Waals surface area contributed by atoms with Crippen molar-refractivity contribution in [3.8, 4) is 0 Å². The molecule has 6 nitrogen and oxygen atoms in total. The minimum atomic E-state index is -0.393. The first-order chi connectivity index (χ1) is 11.4. The molecule has 2 aliphatic rings. The number of carbonyl (C=O) groups excluding carboxylic acids is 2. The van der Waals surface area contributed by atoms with Crippen molar-refractivity contribution < 1.29 is 19.1 Å². The number of carbonyl (C=O) groups is 2. The molecule has 0 aromatic heterocycles. The van der Waals surface area contributed by atoms with E-state index < -0.39 is 5.60 Å². The molecule has 1 amide bonds. The smallest absolute Gasteiger partial charge is 0.410 e. The third-order valence-electron chi connectivity index (χ3n) is 4.36. The number of nitrogens with zero attached hydrogens (tertiary/aromatic N) is 2. The topological polar surface area (TPSA) is 59.1 Å². The Labute approximate surface area is 146 Å². The van der Waals surface area contributed by atoms with E-state index in [2.05, 4.69) is 9.64 Å². The van der Waals surface area contributed by atoms with Crippen LogP contribution >= 0.6 is 0 Å². The van der Waals surface area contributed by atoms with E-state index in [1.165, 1.54) is 45.8 Å². The van der Waals surface area contributed by atoms with Gasteiger partial charge in [0.1, 0.15) is 5.60 Å². The van der Waals surface area contributed by atoms with Crippen molar-refractivity contribution in [2.45, 2.75) is 58.5 Å². The average Bonchev–Trinajstić information content (AvgIpc) is 2.55. The highest BCUT2D eigenvalue weighted by Crippen LogP contribution is 2.24. The van der Waals surface area contributed by atoms with Crippen LogP contribution in [0.2, 0.25) is 0 Å². The highest BCUT2D eigenvalue weighted by Gasteiger charge is 2.27. The lowest BCUT2D eigenvalue weighted by atomic mass is 9.89. The summed E-state index contributed by atoms with van der Waals surface area (Å²) in [6.07, 6.45) is 6.86. The van der Waals surface area contributed by atoms with E-state index in [1.54, 1.807) is 0 Å². The maximum Gasteiger partial charge on any atom is 0.410 e. The zero-order valence-electron chi connectivity index (χ0n) is 15.8. The lowest BCUT2D eigenvalue weighted by molar-refractivity contribution is -0.126. The van der Waals surface area contributed by atoms with Crippen LogP contribution < -0.4 is 0 Å². The number of methoxy groups -OCH3 is 1. The monoisotopic (exact) mass is 342 g/mol. The molecule has 6 heteroatoms. The molecule has 0 aromatic carbocycles. The first kappa shape index (κ1) is 20.7. The van der Waals surface area contributed by atoms with Gasteiger partial charge in [-0.2, -0.15) is 0 Å². The number of ether oxygens (including phenoxy) is 2. The lowest BCUT2D eigenvalue weighted by Gasteiger charge is -2.37. The van der Waals surface area contributed by atoms with Crippen LogP contribution in [0.25, 0.3) is 0 Å². The zero-order chi connectivity index (χ0) is 18.0. The second-order valence-electron chi connectivity index (χ2n) is 7.60. The standard InChI is InChI=1S/C16H30N2O2.C2H4O2/c1-16(2,3)20-15(19)18-11-9-17(10-12-18)13-14-7-5-4-6-8-14;1-4-2-3/h14H,4-13H2,1-3H3;2H,1H3. The third kappa shape index (κ3) is 8.52. The predicted octanol–water partition coefficient (Wildman–Crippen LogP) is 2.91. The Hall–Kier alpha value is -1.30. The highest BCUT2D eigenvalue weighted by atomic mass is 16.6. The van der Waals surface area contributed by atoms with Gasteiger partial charge in [-0.25, -0.2) is 4.79 Å². The lowest BCUT2D eigenvalue weighted by Crippen LogP contribution is -2.51. The molecule has 1 heterocycles. The summed E-state index contributed by atoms with van der Waals surface area (Å²) in [5, 5.41) is 0.